The number of hydrogen-bond acceptors (Lipinski definition) is 4. The molecule has 19 heavy (non-hydrogen) atoms. The van der Waals surface area contributed by atoms with Gasteiger partial charge in [-0.25, -0.2) is 0 Å². The SMILES string of the molecule is CCc1ccc(CC(=O)C(C)(C)N2CCNCC2)s1. The van der Waals surface area contributed by atoms with E-state index in [1.165, 1.54) is 9.75 Å². The molecule has 1 N–H and O–H groups in total. The lowest BCUT2D eigenvalue weighted by Gasteiger charge is -2.40. The van der Waals surface area contributed by atoms with Gasteiger partial charge in [0.15, 0.2) is 5.78 Å². The van der Waals surface area contributed by atoms with Crippen molar-refractivity contribution in [2.75, 3.05) is 26.2 Å². The number of aryl methyl sites for hydroxylation is 1. The van der Waals surface area contributed by atoms with Crippen LogP contribution >= 0.6 is 11.3 Å². The van der Waals surface area contributed by atoms with Gasteiger partial charge in [0.25, 0.3) is 0 Å². The van der Waals surface area contributed by atoms with Crippen molar-refractivity contribution in [2.45, 2.75) is 39.2 Å². The Morgan fingerprint density at radius 1 is 1.32 bits per heavy atom. The predicted molar refractivity (Wildman–Crippen MR) is 80.9 cm³/mol. The van der Waals surface area contributed by atoms with Crippen LogP contribution in [-0.4, -0.2) is 42.4 Å². The van der Waals surface area contributed by atoms with Crippen molar-refractivity contribution >= 4 is 17.1 Å². The number of Topliss-reactive ketones (excluding diaryl/α,β-unsaturated/α-hetero) is 1. The Morgan fingerprint density at radius 2 is 1.95 bits per heavy atom. The number of thiophene rings is 1. The van der Waals surface area contributed by atoms with Gasteiger partial charge in [-0.2, -0.15) is 0 Å². The van der Waals surface area contributed by atoms with E-state index < -0.39 is 0 Å². The summed E-state index contributed by atoms with van der Waals surface area (Å²) in [5.74, 6) is 0.332. The average Bonchev–Trinajstić information content (AvgIpc) is 2.87. The minimum absolute atomic E-state index is 0.332. The van der Waals surface area contributed by atoms with Crippen LogP contribution < -0.4 is 5.32 Å². The molecule has 2 rings (SSSR count). The van der Waals surface area contributed by atoms with Gasteiger partial charge in [0, 0.05) is 42.4 Å². The molecule has 0 radical (unpaired) electrons. The Hall–Kier alpha value is -0.710. The van der Waals surface area contributed by atoms with Gasteiger partial charge < -0.3 is 5.32 Å². The van der Waals surface area contributed by atoms with E-state index in [2.05, 4.69) is 43.1 Å². The largest absolute Gasteiger partial charge is 0.314 e. The summed E-state index contributed by atoms with van der Waals surface area (Å²) in [6.07, 6.45) is 1.63. The fraction of sp³-hybridized carbons (Fsp3) is 0.667. The molecule has 1 fully saturated rings. The van der Waals surface area contributed by atoms with Gasteiger partial charge in [-0.05, 0) is 32.4 Å². The number of piperazine rings is 1. The number of nitrogens with zero attached hydrogens (tertiary/aromatic N) is 1. The van der Waals surface area contributed by atoms with Crippen molar-refractivity contribution in [1.82, 2.24) is 10.2 Å². The zero-order valence-electron chi connectivity index (χ0n) is 12.2. The highest BCUT2D eigenvalue weighted by Gasteiger charge is 2.34. The topological polar surface area (TPSA) is 32.3 Å². The van der Waals surface area contributed by atoms with Crippen LogP contribution in [0.5, 0.6) is 0 Å². The molecule has 106 valence electrons. The zero-order valence-corrected chi connectivity index (χ0v) is 13.0. The molecule has 1 aromatic heterocycles. The van der Waals surface area contributed by atoms with Gasteiger partial charge >= 0.3 is 0 Å². The number of hydrogen-bond donors (Lipinski definition) is 1. The summed E-state index contributed by atoms with van der Waals surface area (Å²) in [7, 11) is 0. The third-order valence-electron chi connectivity index (χ3n) is 3.99. The molecule has 1 aliphatic rings. The molecule has 0 bridgehead atoms. The van der Waals surface area contributed by atoms with E-state index in [1.54, 1.807) is 11.3 Å². The molecule has 0 aliphatic carbocycles. The Morgan fingerprint density at radius 3 is 2.53 bits per heavy atom. The number of carbonyl (C=O) groups is 1. The van der Waals surface area contributed by atoms with Gasteiger partial charge in [-0.3, -0.25) is 9.69 Å². The lowest BCUT2D eigenvalue weighted by Crippen LogP contribution is -2.57. The molecule has 0 amide bonds. The van der Waals surface area contributed by atoms with Gasteiger partial charge in [0.1, 0.15) is 0 Å². The molecule has 3 nitrogen and oxygen atoms in total. The number of ketones is 1. The molecule has 0 saturated carbocycles. The highest BCUT2D eigenvalue weighted by Crippen LogP contribution is 2.23. The van der Waals surface area contributed by atoms with Crippen molar-refractivity contribution in [3.8, 4) is 0 Å². The molecule has 1 aliphatic heterocycles. The summed E-state index contributed by atoms with van der Waals surface area (Å²) in [6.45, 7) is 10.2. The van der Waals surface area contributed by atoms with Gasteiger partial charge in [0.2, 0.25) is 0 Å². The van der Waals surface area contributed by atoms with Crippen LogP contribution in [0.3, 0.4) is 0 Å². The average molecular weight is 280 g/mol. The van der Waals surface area contributed by atoms with Crippen LogP contribution in [0.2, 0.25) is 0 Å². The summed E-state index contributed by atoms with van der Waals surface area (Å²) in [4.78, 5) is 17.4. The molecule has 4 heteroatoms. The molecule has 1 saturated heterocycles. The van der Waals surface area contributed by atoms with Crippen LogP contribution in [0.4, 0.5) is 0 Å². The van der Waals surface area contributed by atoms with Gasteiger partial charge in [0.05, 0.1) is 5.54 Å². The molecular weight excluding hydrogens is 256 g/mol. The maximum Gasteiger partial charge on any atom is 0.157 e. The van der Waals surface area contributed by atoms with E-state index in [4.69, 9.17) is 0 Å². The second-order valence-electron chi connectivity index (χ2n) is 5.62. The first kappa shape index (κ1) is 14.7. The van der Waals surface area contributed by atoms with E-state index >= 15 is 0 Å². The fourth-order valence-corrected chi connectivity index (χ4v) is 3.44. The second-order valence-corrected chi connectivity index (χ2v) is 6.87. The highest BCUT2D eigenvalue weighted by atomic mass is 32.1. The summed E-state index contributed by atoms with van der Waals surface area (Å²) < 4.78 is 0. The molecule has 0 spiro atoms. The fourth-order valence-electron chi connectivity index (χ4n) is 2.48. The van der Waals surface area contributed by atoms with Crippen LogP contribution in [0.15, 0.2) is 12.1 Å². The minimum Gasteiger partial charge on any atom is -0.314 e. The number of nitrogens with one attached hydrogen (secondary N) is 1. The maximum atomic E-state index is 12.6. The van der Waals surface area contributed by atoms with Crippen molar-refractivity contribution in [1.29, 1.82) is 0 Å². The van der Waals surface area contributed by atoms with Crippen molar-refractivity contribution < 1.29 is 4.79 Å². The molecule has 0 aromatic carbocycles. The first-order valence-electron chi connectivity index (χ1n) is 7.10. The molecule has 0 unspecified atom stereocenters. The Labute approximate surface area is 120 Å². The lowest BCUT2D eigenvalue weighted by atomic mass is 9.93. The lowest BCUT2D eigenvalue weighted by molar-refractivity contribution is -0.129. The molecule has 2 heterocycles. The van der Waals surface area contributed by atoms with E-state index in [0.29, 0.717) is 12.2 Å². The molecule has 0 atom stereocenters. The summed E-state index contributed by atoms with van der Waals surface area (Å²) in [5, 5.41) is 3.34. The molecular formula is C15H24N2OS. The Bertz CT molecular complexity index is 433. The standard InChI is InChI=1S/C15H24N2OS/c1-4-12-5-6-13(19-12)11-14(18)15(2,3)17-9-7-16-8-10-17/h5-6,16H,4,7-11H2,1-3H3. The minimum atomic E-state index is -0.349. The summed E-state index contributed by atoms with van der Waals surface area (Å²) in [6, 6.07) is 4.25. The maximum absolute atomic E-state index is 12.6. The second kappa shape index (κ2) is 6.16. The predicted octanol–water partition coefficient (Wildman–Crippen LogP) is 2.11. The molecule has 1 aromatic rings. The van der Waals surface area contributed by atoms with Gasteiger partial charge in [-0.1, -0.05) is 6.92 Å². The van der Waals surface area contributed by atoms with Crippen molar-refractivity contribution in [3.63, 3.8) is 0 Å². The Kier molecular flexibility index (Phi) is 4.76. The van der Waals surface area contributed by atoms with Crippen molar-refractivity contribution in [3.05, 3.63) is 21.9 Å². The third kappa shape index (κ3) is 3.44. The Balaban J connectivity index is 2.00. The van der Waals surface area contributed by atoms with Crippen LogP contribution in [0.1, 0.15) is 30.5 Å². The quantitative estimate of drug-likeness (QED) is 0.896. The third-order valence-corrected chi connectivity index (χ3v) is 5.22. The summed E-state index contributed by atoms with van der Waals surface area (Å²) >= 11 is 1.77. The first-order valence-corrected chi connectivity index (χ1v) is 7.92. The van der Waals surface area contributed by atoms with Crippen LogP contribution in [-0.2, 0) is 17.6 Å². The van der Waals surface area contributed by atoms with E-state index in [1.807, 2.05) is 0 Å². The van der Waals surface area contributed by atoms with Crippen LogP contribution in [0, 0.1) is 0 Å². The highest BCUT2D eigenvalue weighted by molar-refractivity contribution is 7.12. The van der Waals surface area contributed by atoms with E-state index in [0.717, 1.165) is 32.6 Å². The monoisotopic (exact) mass is 280 g/mol. The number of rotatable bonds is 5. The van der Waals surface area contributed by atoms with E-state index in [9.17, 15) is 4.79 Å². The summed E-state index contributed by atoms with van der Waals surface area (Å²) in [5.41, 5.74) is -0.349. The number of carbonyl (C=O) groups excluding carboxylic acids is 1. The zero-order chi connectivity index (χ0) is 13.9. The van der Waals surface area contributed by atoms with Gasteiger partial charge in [-0.15, -0.1) is 11.3 Å². The first-order chi connectivity index (χ1) is 9.04. The smallest absolute Gasteiger partial charge is 0.157 e. The normalized spacial score (nSPS) is 17.6. The van der Waals surface area contributed by atoms with Crippen molar-refractivity contribution in [2.24, 2.45) is 0 Å². The van der Waals surface area contributed by atoms with E-state index in [-0.39, 0.29) is 5.54 Å². The van der Waals surface area contributed by atoms with Crippen LogP contribution in [0.25, 0.3) is 0 Å².